The van der Waals surface area contributed by atoms with Crippen LogP contribution in [0.5, 0.6) is 0 Å². The zero-order valence-electron chi connectivity index (χ0n) is 21.8. The van der Waals surface area contributed by atoms with Gasteiger partial charge in [0.1, 0.15) is 18.3 Å². The molecular weight excluding hydrogens is 488 g/mol. The van der Waals surface area contributed by atoms with Crippen LogP contribution >= 0.6 is 0 Å². The highest BCUT2D eigenvalue weighted by atomic mass is 16.5. The molecule has 202 valence electrons. The number of nitrogens with one attached hydrogen (secondary N) is 1. The second-order valence-electron chi connectivity index (χ2n) is 10.5. The molecule has 3 aliphatic heterocycles. The molecule has 10 nitrogen and oxygen atoms in total. The first-order valence-electron chi connectivity index (χ1n) is 13.2. The lowest BCUT2D eigenvalue weighted by molar-refractivity contribution is -0.138. The number of Topliss-reactive ketones (excluding diaryl/α,β-unsaturated/α-hetero) is 1. The summed E-state index contributed by atoms with van der Waals surface area (Å²) < 4.78 is 10.4. The number of benzene rings is 1. The average molecular weight is 523 g/mol. The maximum Gasteiger partial charge on any atom is 0.257 e. The molecule has 0 saturated carbocycles. The van der Waals surface area contributed by atoms with E-state index in [1.807, 2.05) is 26.0 Å². The van der Waals surface area contributed by atoms with Gasteiger partial charge < -0.3 is 29.2 Å². The highest BCUT2D eigenvalue weighted by molar-refractivity contribution is 6.03. The van der Waals surface area contributed by atoms with Crippen molar-refractivity contribution in [1.82, 2.24) is 15.1 Å². The van der Waals surface area contributed by atoms with Crippen LogP contribution in [0.25, 0.3) is 0 Å². The highest BCUT2D eigenvalue weighted by Crippen LogP contribution is 2.32. The van der Waals surface area contributed by atoms with Crippen LogP contribution in [0.1, 0.15) is 47.4 Å². The Labute approximate surface area is 221 Å². The number of rotatable bonds is 7. The molecule has 10 heteroatoms. The lowest BCUT2D eigenvalue weighted by Gasteiger charge is -2.29. The minimum atomic E-state index is -0.772. The standard InChI is InChI=1S/C28H34N4O6/c1-18(2)15-22(29-26(34)19-3-5-21(6-4-19)30-10-13-37-14-11-30)28(36)31-9-7-23-25(31)24(33)16-32(23)27(35)20-8-12-38-17-20/h3-6,8,12,17-18,22-23,25H,7,9-11,13-16H2,1-2H3,(H,29,34). The van der Waals surface area contributed by atoms with Crippen molar-refractivity contribution in [2.45, 2.75) is 44.8 Å². The predicted octanol–water partition coefficient (Wildman–Crippen LogP) is 1.96. The summed E-state index contributed by atoms with van der Waals surface area (Å²) in [4.78, 5) is 58.1. The Bertz CT molecular complexity index is 1170. The summed E-state index contributed by atoms with van der Waals surface area (Å²) in [5.74, 6) is -0.907. The van der Waals surface area contributed by atoms with Crippen molar-refractivity contribution < 1.29 is 28.3 Å². The molecule has 1 N–H and O–H groups in total. The van der Waals surface area contributed by atoms with Gasteiger partial charge in [-0.15, -0.1) is 0 Å². The number of furan rings is 1. The molecule has 3 unspecified atom stereocenters. The third-order valence-electron chi connectivity index (χ3n) is 7.55. The minimum absolute atomic E-state index is 0.0418. The lowest BCUT2D eigenvalue weighted by atomic mass is 10.0. The highest BCUT2D eigenvalue weighted by Gasteiger charge is 2.52. The van der Waals surface area contributed by atoms with Gasteiger partial charge in [0.25, 0.3) is 11.8 Å². The van der Waals surface area contributed by atoms with Gasteiger partial charge in [0.05, 0.1) is 37.6 Å². The molecule has 0 radical (unpaired) electrons. The number of morpholine rings is 1. The fourth-order valence-corrected chi connectivity index (χ4v) is 5.67. The Kier molecular flexibility index (Phi) is 7.51. The number of carbonyl (C=O) groups is 4. The number of hydrogen-bond acceptors (Lipinski definition) is 7. The van der Waals surface area contributed by atoms with Crippen molar-refractivity contribution in [3.8, 4) is 0 Å². The molecule has 3 fully saturated rings. The first-order chi connectivity index (χ1) is 18.3. The largest absolute Gasteiger partial charge is 0.472 e. The normalized spacial score (nSPS) is 22.1. The molecule has 0 bridgehead atoms. The Morgan fingerprint density at radius 1 is 1.00 bits per heavy atom. The maximum atomic E-state index is 13.7. The van der Waals surface area contributed by atoms with Gasteiger partial charge >= 0.3 is 0 Å². The van der Waals surface area contributed by atoms with Gasteiger partial charge in [0.15, 0.2) is 5.78 Å². The zero-order valence-corrected chi connectivity index (χ0v) is 21.8. The third-order valence-corrected chi connectivity index (χ3v) is 7.55. The van der Waals surface area contributed by atoms with Gasteiger partial charge in [0.2, 0.25) is 5.91 Å². The van der Waals surface area contributed by atoms with Crippen LogP contribution in [-0.4, -0.2) is 90.8 Å². The number of fused-ring (bicyclic) bond motifs is 1. The van der Waals surface area contributed by atoms with E-state index in [9.17, 15) is 19.2 Å². The smallest absolute Gasteiger partial charge is 0.257 e. The minimum Gasteiger partial charge on any atom is -0.472 e. The van der Waals surface area contributed by atoms with Crippen LogP contribution in [0.15, 0.2) is 47.3 Å². The summed E-state index contributed by atoms with van der Waals surface area (Å²) in [5, 5.41) is 2.92. The number of likely N-dealkylation sites (tertiary alicyclic amines) is 2. The molecule has 3 aliphatic rings. The molecule has 3 amide bonds. The molecule has 1 aromatic carbocycles. The number of amides is 3. The van der Waals surface area contributed by atoms with Crippen LogP contribution in [0, 0.1) is 5.92 Å². The number of ketones is 1. The number of nitrogens with zero attached hydrogens (tertiary/aromatic N) is 3. The molecule has 0 spiro atoms. The van der Waals surface area contributed by atoms with Crippen molar-refractivity contribution in [3.63, 3.8) is 0 Å². The van der Waals surface area contributed by atoms with Crippen molar-refractivity contribution >= 4 is 29.2 Å². The first-order valence-corrected chi connectivity index (χ1v) is 13.2. The molecule has 3 atom stereocenters. The van der Waals surface area contributed by atoms with Gasteiger partial charge in [-0.25, -0.2) is 0 Å². The van der Waals surface area contributed by atoms with Crippen molar-refractivity contribution in [3.05, 3.63) is 54.0 Å². The van der Waals surface area contributed by atoms with E-state index in [0.29, 0.717) is 43.7 Å². The van der Waals surface area contributed by atoms with E-state index < -0.39 is 12.1 Å². The molecule has 38 heavy (non-hydrogen) atoms. The quantitative estimate of drug-likeness (QED) is 0.592. The Morgan fingerprint density at radius 3 is 2.39 bits per heavy atom. The summed E-state index contributed by atoms with van der Waals surface area (Å²) >= 11 is 0. The van der Waals surface area contributed by atoms with E-state index in [0.717, 1.165) is 18.8 Å². The Balaban J connectivity index is 1.28. The molecule has 2 aromatic rings. The summed E-state index contributed by atoms with van der Waals surface area (Å²) in [5.41, 5.74) is 1.88. The number of hydrogen-bond donors (Lipinski definition) is 1. The lowest BCUT2D eigenvalue weighted by Crippen LogP contribution is -2.53. The van der Waals surface area contributed by atoms with Crippen LogP contribution < -0.4 is 10.2 Å². The fourth-order valence-electron chi connectivity index (χ4n) is 5.67. The maximum absolute atomic E-state index is 13.7. The molecule has 4 heterocycles. The number of carbonyl (C=O) groups excluding carboxylic acids is 4. The summed E-state index contributed by atoms with van der Waals surface area (Å²) in [7, 11) is 0. The van der Waals surface area contributed by atoms with Gasteiger partial charge in [-0.2, -0.15) is 0 Å². The van der Waals surface area contributed by atoms with Gasteiger partial charge in [-0.1, -0.05) is 13.8 Å². The van der Waals surface area contributed by atoms with E-state index in [1.165, 1.54) is 17.4 Å². The summed E-state index contributed by atoms with van der Waals surface area (Å²) in [6.45, 7) is 7.25. The average Bonchev–Trinajstić information content (AvgIpc) is 3.67. The molecule has 3 saturated heterocycles. The van der Waals surface area contributed by atoms with E-state index in [-0.39, 0.29) is 42.0 Å². The summed E-state index contributed by atoms with van der Waals surface area (Å²) in [6.07, 6.45) is 3.73. The van der Waals surface area contributed by atoms with Crippen LogP contribution in [-0.2, 0) is 14.3 Å². The Hall–Kier alpha value is -3.66. The van der Waals surface area contributed by atoms with E-state index in [2.05, 4.69) is 10.2 Å². The van der Waals surface area contributed by atoms with Crippen molar-refractivity contribution in [2.24, 2.45) is 5.92 Å². The second-order valence-corrected chi connectivity index (χ2v) is 10.5. The van der Waals surface area contributed by atoms with Crippen molar-refractivity contribution in [1.29, 1.82) is 0 Å². The Morgan fingerprint density at radius 2 is 1.74 bits per heavy atom. The molecular formula is C28H34N4O6. The van der Waals surface area contributed by atoms with Crippen molar-refractivity contribution in [2.75, 3.05) is 44.3 Å². The topological polar surface area (TPSA) is 112 Å². The number of ether oxygens (including phenoxy) is 1. The second kappa shape index (κ2) is 11.0. The SMILES string of the molecule is CC(C)CC(NC(=O)c1ccc(N2CCOCC2)cc1)C(=O)N1CCC2C1C(=O)CN2C(=O)c1ccoc1. The molecule has 1 aromatic heterocycles. The zero-order chi connectivity index (χ0) is 26.8. The monoisotopic (exact) mass is 522 g/mol. The molecule has 5 rings (SSSR count). The van der Waals surface area contributed by atoms with Gasteiger partial charge in [-0.3, -0.25) is 19.2 Å². The first kappa shape index (κ1) is 26.0. The van der Waals surface area contributed by atoms with E-state index in [1.54, 1.807) is 23.1 Å². The number of anilines is 1. The van der Waals surface area contributed by atoms with Crippen LogP contribution in [0.2, 0.25) is 0 Å². The van der Waals surface area contributed by atoms with E-state index >= 15 is 0 Å². The third kappa shape index (κ3) is 5.18. The van der Waals surface area contributed by atoms with Crippen LogP contribution in [0.3, 0.4) is 0 Å². The van der Waals surface area contributed by atoms with Crippen LogP contribution in [0.4, 0.5) is 5.69 Å². The fraction of sp³-hybridized carbons (Fsp3) is 0.500. The van der Waals surface area contributed by atoms with Gasteiger partial charge in [0, 0.05) is 30.9 Å². The summed E-state index contributed by atoms with van der Waals surface area (Å²) in [6, 6.07) is 7.08. The van der Waals surface area contributed by atoms with E-state index in [4.69, 9.17) is 9.15 Å². The predicted molar refractivity (Wildman–Crippen MR) is 139 cm³/mol. The van der Waals surface area contributed by atoms with Gasteiger partial charge in [-0.05, 0) is 49.1 Å². The molecule has 0 aliphatic carbocycles.